The van der Waals surface area contributed by atoms with Crippen molar-refractivity contribution in [2.24, 2.45) is 0 Å². The molecule has 0 atom stereocenters. The zero-order valence-electron chi connectivity index (χ0n) is 12.7. The summed E-state index contributed by atoms with van der Waals surface area (Å²) >= 11 is 5.76. The first-order chi connectivity index (χ1) is 11.6. The van der Waals surface area contributed by atoms with Crippen LogP contribution in [-0.2, 0) is 22.7 Å². The van der Waals surface area contributed by atoms with Crippen LogP contribution in [0, 0.1) is 5.82 Å². The fourth-order valence-corrected chi connectivity index (χ4v) is 3.48. The summed E-state index contributed by atoms with van der Waals surface area (Å²) in [5.74, 6) is -1.54. The van der Waals surface area contributed by atoms with Gasteiger partial charge in [0.1, 0.15) is 16.5 Å². The highest BCUT2D eigenvalue weighted by Crippen LogP contribution is 2.32. The highest BCUT2D eigenvalue weighted by Gasteiger charge is 2.34. The molecule has 0 saturated heterocycles. The molecule has 0 aliphatic rings. The summed E-state index contributed by atoms with van der Waals surface area (Å²) in [7, 11) is -2.95. The van der Waals surface area contributed by atoms with Gasteiger partial charge in [0.25, 0.3) is 0 Å². The summed E-state index contributed by atoms with van der Waals surface area (Å²) < 4.78 is 83.7. The van der Waals surface area contributed by atoms with Crippen LogP contribution in [0.15, 0.2) is 41.3 Å². The highest BCUT2D eigenvalue weighted by atomic mass is 35.5. The van der Waals surface area contributed by atoms with Crippen LogP contribution in [0.25, 0.3) is 0 Å². The van der Waals surface area contributed by atoms with Crippen molar-refractivity contribution < 1.29 is 30.7 Å². The molecular weight excluding hydrogens is 386 g/mol. The van der Waals surface area contributed by atoms with Gasteiger partial charge in [-0.2, -0.15) is 13.2 Å². The van der Waals surface area contributed by atoms with Crippen molar-refractivity contribution in [3.05, 3.63) is 58.4 Å². The third kappa shape index (κ3) is 4.42. The van der Waals surface area contributed by atoms with Crippen LogP contribution in [-0.4, -0.2) is 15.5 Å². The van der Waals surface area contributed by atoms with Crippen LogP contribution in [0.4, 0.5) is 17.6 Å². The number of sulfonamides is 1. The SMILES string of the molecule is COc1ccc(Cl)cc1S(=O)(=O)NCc1cccc(C(F)(F)F)c1F. The van der Waals surface area contributed by atoms with Gasteiger partial charge in [-0.05, 0) is 24.3 Å². The van der Waals surface area contributed by atoms with Gasteiger partial charge in [0.15, 0.2) is 0 Å². The van der Waals surface area contributed by atoms with E-state index in [2.05, 4.69) is 0 Å². The molecule has 0 amide bonds. The molecule has 0 aromatic heterocycles. The molecule has 25 heavy (non-hydrogen) atoms. The maximum absolute atomic E-state index is 14.0. The number of rotatable bonds is 5. The fraction of sp³-hybridized carbons (Fsp3) is 0.200. The fourth-order valence-electron chi connectivity index (χ4n) is 2.05. The summed E-state index contributed by atoms with van der Waals surface area (Å²) in [6.45, 7) is -0.673. The lowest BCUT2D eigenvalue weighted by Crippen LogP contribution is -2.25. The first-order valence-corrected chi connectivity index (χ1v) is 8.60. The minimum Gasteiger partial charge on any atom is -0.495 e. The van der Waals surface area contributed by atoms with E-state index in [1.807, 2.05) is 4.72 Å². The Kier molecular flexibility index (Phi) is 5.60. The van der Waals surface area contributed by atoms with E-state index in [0.717, 1.165) is 18.2 Å². The topological polar surface area (TPSA) is 55.4 Å². The Labute approximate surface area is 146 Å². The smallest absolute Gasteiger partial charge is 0.419 e. The first-order valence-electron chi connectivity index (χ1n) is 6.74. The lowest BCUT2D eigenvalue weighted by molar-refractivity contribution is -0.140. The van der Waals surface area contributed by atoms with Crippen LogP contribution in [0.5, 0.6) is 5.75 Å². The molecule has 4 nitrogen and oxygen atoms in total. The molecule has 2 aromatic carbocycles. The van der Waals surface area contributed by atoms with Gasteiger partial charge in [-0.1, -0.05) is 23.7 Å². The summed E-state index contributed by atoms with van der Waals surface area (Å²) in [6.07, 6.45) is -4.88. The van der Waals surface area contributed by atoms with E-state index in [0.29, 0.717) is 6.07 Å². The van der Waals surface area contributed by atoms with E-state index in [1.165, 1.54) is 19.2 Å². The number of nitrogens with one attached hydrogen (secondary N) is 1. The van der Waals surface area contributed by atoms with E-state index in [-0.39, 0.29) is 15.7 Å². The molecule has 136 valence electrons. The maximum atomic E-state index is 14.0. The molecule has 0 bridgehead atoms. The lowest BCUT2D eigenvalue weighted by atomic mass is 10.1. The van der Waals surface area contributed by atoms with Gasteiger partial charge in [0.2, 0.25) is 10.0 Å². The normalized spacial score (nSPS) is 12.2. The molecular formula is C15H12ClF4NO3S. The van der Waals surface area contributed by atoms with Crippen LogP contribution >= 0.6 is 11.6 Å². The third-order valence-corrected chi connectivity index (χ3v) is 4.91. The number of halogens is 5. The molecule has 0 fully saturated rings. The van der Waals surface area contributed by atoms with Gasteiger partial charge in [-0.25, -0.2) is 17.5 Å². The maximum Gasteiger partial charge on any atom is 0.419 e. The van der Waals surface area contributed by atoms with E-state index < -0.39 is 39.7 Å². The molecule has 0 radical (unpaired) electrons. The van der Waals surface area contributed by atoms with Crippen molar-refractivity contribution >= 4 is 21.6 Å². The lowest BCUT2D eigenvalue weighted by Gasteiger charge is -2.13. The summed E-state index contributed by atoms with van der Waals surface area (Å²) in [4.78, 5) is -0.310. The first kappa shape index (κ1) is 19.5. The number of hydrogen-bond acceptors (Lipinski definition) is 3. The average Bonchev–Trinajstić information content (AvgIpc) is 2.52. The highest BCUT2D eigenvalue weighted by molar-refractivity contribution is 7.89. The van der Waals surface area contributed by atoms with Crippen molar-refractivity contribution in [1.82, 2.24) is 4.72 Å². The predicted molar refractivity (Wildman–Crippen MR) is 83.4 cm³/mol. The number of benzene rings is 2. The standard InChI is InChI=1S/C15H12ClF4NO3S/c1-24-12-6-5-10(16)7-13(12)25(22,23)21-8-9-3-2-4-11(14(9)17)15(18,19)20/h2-7,21H,8H2,1H3. The number of methoxy groups -OCH3 is 1. The van der Waals surface area contributed by atoms with Crippen LogP contribution in [0.3, 0.4) is 0 Å². The van der Waals surface area contributed by atoms with Crippen molar-refractivity contribution in [2.45, 2.75) is 17.6 Å². The second-order valence-electron chi connectivity index (χ2n) is 4.90. The monoisotopic (exact) mass is 397 g/mol. The Hall–Kier alpha value is -1.84. The van der Waals surface area contributed by atoms with E-state index >= 15 is 0 Å². The van der Waals surface area contributed by atoms with Crippen molar-refractivity contribution in [3.63, 3.8) is 0 Å². The van der Waals surface area contributed by atoms with E-state index in [9.17, 15) is 26.0 Å². The molecule has 2 aromatic rings. The van der Waals surface area contributed by atoms with E-state index in [4.69, 9.17) is 16.3 Å². The Morgan fingerprint density at radius 3 is 2.48 bits per heavy atom. The van der Waals surface area contributed by atoms with Gasteiger partial charge in [-0.15, -0.1) is 0 Å². The third-order valence-electron chi connectivity index (χ3n) is 3.25. The number of ether oxygens (including phenoxy) is 1. The molecule has 10 heteroatoms. The van der Waals surface area contributed by atoms with E-state index in [1.54, 1.807) is 0 Å². The Bertz CT molecular complexity index is 885. The van der Waals surface area contributed by atoms with Crippen LogP contribution in [0.2, 0.25) is 5.02 Å². The van der Waals surface area contributed by atoms with Gasteiger partial charge in [-0.3, -0.25) is 0 Å². The number of alkyl halides is 3. The van der Waals surface area contributed by atoms with Gasteiger partial charge >= 0.3 is 6.18 Å². The van der Waals surface area contributed by atoms with Crippen LogP contribution < -0.4 is 9.46 Å². The largest absolute Gasteiger partial charge is 0.495 e. The second kappa shape index (κ2) is 7.19. The zero-order valence-corrected chi connectivity index (χ0v) is 14.3. The predicted octanol–water partition coefficient (Wildman–Crippen LogP) is 3.99. The minimum atomic E-state index is -4.88. The number of hydrogen-bond donors (Lipinski definition) is 1. The van der Waals surface area contributed by atoms with Crippen LogP contribution in [0.1, 0.15) is 11.1 Å². The van der Waals surface area contributed by atoms with Gasteiger partial charge < -0.3 is 4.74 Å². The van der Waals surface area contributed by atoms with Crippen molar-refractivity contribution in [1.29, 1.82) is 0 Å². The average molecular weight is 398 g/mol. The van der Waals surface area contributed by atoms with Gasteiger partial charge in [0.05, 0.1) is 12.7 Å². The molecule has 0 heterocycles. The van der Waals surface area contributed by atoms with Crippen molar-refractivity contribution in [3.8, 4) is 5.75 Å². The second-order valence-corrected chi connectivity index (χ2v) is 7.07. The summed E-state index contributed by atoms with van der Waals surface area (Å²) in [6, 6.07) is 6.48. The Morgan fingerprint density at radius 2 is 1.88 bits per heavy atom. The molecule has 0 aliphatic heterocycles. The van der Waals surface area contributed by atoms with Gasteiger partial charge in [0, 0.05) is 17.1 Å². The molecule has 0 saturated carbocycles. The minimum absolute atomic E-state index is 0.0126. The quantitative estimate of drug-likeness (QED) is 0.776. The molecule has 0 unspecified atom stereocenters. The zero-order chi connectivity index (χ0) is 18.8. The molecule has 2 rings (SSSR count). The Balaban J connectivity index is 2.32. The summed E-state index contributed by atoms with van der Waals surface area (Å²) in [5, 5.41) is 0.117. The molecule has 0 spiro atoms. The molecule has 1 N–H and O–H groups in total. The molecule has 0 aliphatic carbocycles. The summed E-state index contributed by atoms with van der Waals surface area (Å²) in [5.41, 5.74) is -1.91. The van der Waals surface area contributed by atoms with Crippen molar-refractivity contribution in [2.75, 3.05) is 7.11 Å². The Morgan fingerprint density at radius 1 is 1.20 bits per heavy atom.